The van der Waals surface area contributed by atoms with Crippen LogP contribution in [0.1, 0.15) is 0 Å². The van der Waals surface area contributed by atoms with Crippen LogP contribution in [0.15, 0.2) is 0 Å². The smallest absolute Gasteiger partial charge is 0.0304 e. The molecule has 4 heteroatoms. The molecule has 0 saturated heterocycles. The van der Waals surface area contributed by atoms with Gasteiger partial charge in [-0.15, -0.1) is 0 Å². The molecule has 0 heterocycles. The maximum Gasteiger partial charge on any atom is 0.0852 e. The van der Waals surface area contributed by atoms with Crippen LogP contribution in [0, 0.1) is 0 Å². The van der Waals surface area contributed by atoms with Crippen molar-refractivity contribution in [2.24, 2.45) is 0 Å². The Bertz CT molecular complexity index is 8.00. The van der Waals surface area contributed by atoms with Crippen molar-refractivity contribution in [2.45, 2.75) is 0 Å². The zero-order valence-electron chi connectivity index (χ0n) is 2.75. The predicted octanol–water partition coefficient (Wildman–Crippen LogP) is -2.11. The molecule has 0 nitrogen and oxygen atoms in total. The molecule has 0 rings (SSSR count). The normalized spacial score (nSPS) is 2.00. The van der Waals surface area contributed by atoms with Crippen LogP contribution in [0.25, 0.3) is 0 Å². The van der Waals surface area contributed by atoms with Crippen LogP contribution < -0.4 is 0 Å². The monoisotopic (exact) mass is 200 g/mol. The molecule has 28 valence electrons. The summed E-state index contributed by atoms with van der Waals surface area (Å²) in [5.74, 6) is 0. The van der Waals surface area contributed by atoms with E-state index in [1.54, 1.807) is 0 Å². The molecular weight excluding hydrogens is 195 g/mol. The number of hydrogen-bond acceptors (Lipinski definition) is 0. The Kier molecular flexibility index (Phi) is 106. The fourth-order valence-corrected chi connectivity index (χ4v) is 0. The van der Waals surface area contributed by atoms with Gasteiger partial charge in [0.2, 0.25) is 0 Å². The quantitative estimate of drug-likeness (QED) is 0.393. The summed E-state index contributed by atoms with van der Waals surface area (Å²) < 4.78 is 0. The van der Waals surface area contributed by atoms with E-state index in [0.717, 1.165) is 0 Å². The molecule has 0 aliphatic rings. The van der Waals surface area contributed by atoms with Gasteiger partial charge < -0.3 is 0 Å². The second-order valence-corrected chi connectivity index (χ2v) is 0. The second kappa shape index (κ2) is 24.0. The molecule has 0 atom stereocenters. The van der Waals surface area contributed by atoms with Crippen LogP contribution >= 0.6 is 0 Å². The fraction of sp³-hybridized carbons (Fsp3) is 0. The van der Waals surface area contributed by atoms with Crippen molar-refractivity contribution in [3.63, 3.8) is 0 Å². The van der Waals surface area contributed by atoms with Crippen molar-refractivity contribution in [3.05, 3.63) is 0 Å². The van der Waals surface area contributed by atoms with Crippen molar-refractivity contribution in [1.82, 2.24) is 0 Å². The summed E-state index contributed by atoms with van der Waals surface area (Å²) in [5, 5.41) is 0. The summed E-state index contributed by atoms with van der Waals surface area (Å²) in [5.41, 5.74) is 0. The summed E-state index contributed by atoms with van der Waals surface area (Å²) in [4.78, 5) is 0. The molecule has 0 spiro atoms. The van der Waals surface area contributed by atoms with Crippen LogP contribution in [-0.2, 0) is 39.4 Å². The first-order chi connectivity index (χ1) is 1.00. The van der Waals surface area contributed by atoms with E-state index in [1.807, 2.05) is 0 Å². The van der Waals surface area contributed by atoms with Crippen molar-refractivity contribution < 1.29 is 39.4 Å². The van der Waals surface area contributed by atoms with Gasteiger partial charge in [-0.25, -0.2) is 0 Å². The van der Waals surface area contributed by atoms with Crippen LogP contribution in [0.5, 0.6) is 0 Å². The average Bonchev–Trinajstić information content (AvgIpc) is 1.00. The first-order valence-electron chi connectivity index (χ1n) is 1.00. The van der Waals surface area contributed by atoms with Gasteiger partial charge >= 0.3 is 0 Å². The van der Waals surface area contributed by atoms with Gasteiger partial charge in [-0.1, -0.05) is 0 Å². The minimum absolute atomic E-state index is 0. The third-order valence-electron chi connectivity index (χ3n) is 0. The average molecular weight is 200 g/mol. The van der Waals surface area contributed by atoms with E-state index < -0.39 is 0 Å². The van der Waals surface area contributed by atoms with Crippen LogP contribution in [0.3, 0.4) is 0 Å². The molecule has 0 aliphatic heterocycles. The maximum atomic E-state index is 2.14. The van der Waals surface area contributed by atoms with Crippen LogP contribution in [-0.4, -0.2) is 17.6 Å². The Balaban J connectivity index is -0.00000000500. The van der Waals surface area contributed by atoms with E-state index >= 15 is 0 Å². The summed E-state index contributed by atoms with van der Waals surface area (Å²) in [6.07, 6.45) is 0. The first-order valence-corrected chi connectivity index (χ1v) is 3.00. The molecule has 0 aromatic rings. The largest absolute Gasteiger partial charge is 0.0852 e. The van der Waals surface area contributed by atoms with E-state index in [4.69, 9.17) is 0 Å². The molecule has 0 saturated carbocycles. The second-order valence-electron chi connectivity index (χ2n) is 0. The van der Waals surface area contributed by atoms with Crippen LogP contribution in [0.4, 0.5) is 0 Å². The summed E-state index contributed by atoms with van der Waals surface area (Å²) >= 11 is 0. The van der Waals surface area contributed by atoms with Crippen molar-refractivity contribution >= 4 is 17.6 Å². The summed E-state index contributed by atoms with van der Waals surface area (Å²) in [7, 11) is 3.44. The van der Waals surface area contributed by atoms with Gasteiger partial charge in [0.05, 0.1) is 7.44 Å². The summed E-state index contributed by atoms with van der Waals surface area (Å²) in [6.45, 7) is 0. The van der Waals surface area contributed by atoms with Crippen LogP contribution in [0.2, 0.25) is 0 Å². The third-order valence-corrected chi connectivity index (χ3v) is 0. The van der Waals surface area contributed by atoms with Gasteiger partial charge in [-0.3, -0.25) is 0 Å². The van der Waals surface area contributed by atoms with Gasteiger partial charge in [0.15, 0.2) is 0 Å². The zero-order chi connectivity index (χ0) is 2.00. The van der Waals surface area contributed by atoms with Gasteiger partial charge in [0, 0.05) is 39.4 Å². The third kappa shape index (κ3) is 9.63. The van der Waals surface area contributed by atoms with Crippen molar-refractivity contribution in [2.75, 3.05) is 0 Å². The van der Waals surface area contributed by atoms with E-state index in [9.17, 15) is 0 Å². The van der Waals surface area contributed by atoms with Crippen molar-refractivity contribution in [3.8, 4) is 0 Å². The Morgan fingerprint density at radius 2 is 1.25 bits per heavy atom. The molecular formula is H5BCuNbSi. The topological polar surface area (TPSA) is 0 Å². The van der Waals surface area contributed by atoms with E-state index in [1.165, 1.54) is 10.1 Å². The molecule has 0 amide bonds. The van der Waals surface area contributed by atoms with Gasteiger partial charge in [0.1, 0.15) is 0 Å². The Morgan fingerprint density at radius 1 is 1.25 bits per heavy atom. The molecule has 0 fully saturated rings. The molecule has 0 aromatic heterocycles. The molecule has 0 aliphatic carbocycles. The van der Waals surface area contributed by atoms with Gasteiger partial charge in [0.25, 0.3) is 0 Å². The fourth-order valence-electron chi connectivity index (χ4n) is 0. The Hall–Kier alpha value is 1.54. The Labute approximate surface area is 56.9 Å². The molecule has 0 bridgehead atoms. The molecule has 2 radical (unpaired) electrons. The number of hydrogen-bond donors (Lipinski definition) is 0. The Morgan fingerprint density at radius 3 is 1.25 bits per heavy atom. The zero-order valence-corrected chi connectivity index (χ0v) is 7.89. The minimum atomic E-state index is 0. The number of rotatable bonds is 0. The molecule has 0 aromatic carbocycles. The molecule has 4 heavy (non-hydrogen) atoms. The predicted molar refractivity (Wildman–Crippen MR) is 18.5 cm³/mol. The van der Waals surface area contributed by atoms with E-state index in [0.29, 0.717) is 0 Å². The standard InChI is InChI=1S/BH5Si.Cu.Nb/c1-2;;/h1H2,2H3;;. The van der Waals surface area contributed by atoms with Crippen molar-refractivity contribution in [1.29, 1.82) is 0 Å². The summed E-state index contributed by atoms with van der Waals surface area (Å²) in [6, 6.07) is 0. The molecule has 0 N–H and O–H groups in total. The van der Waals surface area contributed by atoms with Gasteiger partial charge in [-0.05, 0) is 10.1 Å². The van der Waals surface area contributed by atoms with E-state index in [-0.39, 0.29) is 39.4 Å². The first kappa shape index (κ1) is 17.7. The maximum absolute atomic E-state index is 2.14. The minimum Gasteiger partial charge on any atom is -0.0304 e. The molecule has 0 unspecified atom stereocenters. The SMILES string of the molecule is B[SiH3].[Cu].[Nb]. The van der Waals surface area contributed by atoms with E-state index in [2.05, 4.69) is 7.44 Å². The van der Waals surface area contributed by atoms with Gasteiger partial charge in [-0.2, -0.15) is 0 Å².